The zero-order valence-corrected chi connectivity index (χ0v) is 18.2. The summed E-state index contributed by atoms with van der Waals surface area (Å²) in [6.45, 7) is 2.41. The molecule has 34 heavy (non-hydrogen) atoms. The number of aromatic amines is 1. The molecule has 0 spiro atoms. The van der Waals surface area contributed by atoms with E-state index in [4.69, 9.17) is 19.9 Å². The number of rotatable bonds is 3. The summed E-state index contributed by atoms with van der Waals surface area (Å²) in [7, 11) is 0. The first-order chi connectivity index (χ1) is 16.5. The number of carbonyl (C=O) groups is 1. The summed E-state index contributed by atoms with van der Waals surface area (Å²) in [4.78, 5) is 29.4. The van der Waals surface area contributed by atoms with Crippen LogP contribution >= 0.6 is 0 Å². The number of ether oxygens (including phenoxy) is 3. The molecule has 170 valence electrons. The van der Waals surface area contributed by atoms with E-state index in [1.54, 1.807) is 49.4 Å². The molecule has 2 aliphatic heterocycles. The van der Waals surface area contributed by atoms with Crippen LogP contribution in [0.2, 0.25) is 0 Å². The Morgan fingerprint density at radius 1 is 1.15 bits per heavy atom. The van der Waals surface area contributed by atoms with Crippen molar-refractivity contribution < 1.29 is 19.0 Å². The van der Waals surface area contributed by atoms with E-state index in [-0.39, 0.29) is 28.4 Å². The van der Waals surface area contributed by atoms with Crippen LogP contribution in [0.1, 0.15) is 18.4 Å². The van der Waals surface area contributed by atoms with E-state index in [1.807, 2.05) is 12.1 Å². The fraction of sp³-hybridized carbons (Fsp3) is 0.160. The predicted molar refractivity (Wildman–Crippen MR) is 124 cm³/mol. The molecule has 0 aliphatic carbocycles. The molecule has 3 heterocycles. The van der Waals surface area contributed by atoms with Crippen molar-refractivity contribution in [3.8, 4) is 17.6 Å². The molecule has 2 aromatic carbocycles. The molecular weight excluding hydrogens is 436 g/mol. The SMILES string of the molecule is CC1=C(C(=O)Nc2ccccc2)C(c2cc3cc4c(cc3[nH]c2=O)OCCO4)C(C#N)=C(N)O1. The average molecular weight is 456 g/mol. The van der Waals surface area contributed by atoms with Gasteiger partial charge in [0.25, 0.3) is 11.5 Å². The molecule has 1 atom stereocenters. The third-order valence-electron chi connectivity index (χ3n) is 5.73. The Morgan fingerprint density at radius 2 is 1.85 bits per heavy atom. The molecule has 1 amide bonds. The number of nitrogens with one attached hydrogen (secondary N) is 2. The Bertz CT molecular complexity index is 1480. The number of aromatic nitrogens is 1. The first kappa shape index (κ1) is 21.2. The van der Waals surface area contributed by atoms with E-state index in [2.05, 4.69) is 10.3 Å². The van der Waals surface area contributed by atoms with Crippen molar-refractivity contribution in [3.05, 3.63) is 87.2 Å². The van der Waals surface area contributed by atoms with Crippen molar-refractivity contribution in [1.29, 1.82) is 5.26 Å². The Morgan fingerprint density at radius 3 is 2.56 bits per heavy atom. The molecule has 9 nitrogen and oxygen atoms in total. The summed E-state index contributed by atoms with van der Waals surface area (Å²) >= 11 is 0. The van der Waals surface area contributed by atoms with Gasteiger partial charge in [0, 0.05) is 22.7 Å². The van der Waals surface area contributed by atoms with Gasteiger partial charge < -0.3 is 30.2 Å². The first-order valence-electron chi connectivity index (χ1n) is 10.6. The second-order valence-corrected chi connectivity index (χ2v) is 7.85. The summed E-state index contributed by atoms with van der Waals surface area (Å²) in [5.41, 5.74) is 6.92. The minimum Gasteiger partial charge on any atom is -0.486 e. The van der Waals surface area contributed by atoms with Gasteiger partial charge in [-0.05, 0) is 31.2 Å². The lowest BCUT2D eigenvalue weighted by molar-refractivity contribution is -0.113. The van der Waals surface area contributed by atoms with Crippen LogP contribution in [-0.4, -0.2) is 24.1 Å². The van der Waals surface area contributed by atoms with Crippen molar-refractivity contribution in [3.63, 3.8) is 0 Å². The topological polar surface area (TPSA) is 139 Å². The van der Waals surface area contributed by atoms with Gasteiger partial charge in [-0.1, -0.05) is 18.2 Å². The van der Waals surface area contributed by atoms with Gasteiger partial charge in [0.1, 0.15) is 30.6 Å². The minimum absolute atomic E-state index is 0.0220. The van der Waals surface area contributed by atoms with E-state index in [0.717, 1.165) is 0 Å². The maximum atomic E-state index is 13.3. The number of pyridine rings is 1. The van der Waals surface area contributed by atoms with Crippen molar-refractivity contribution in [1.82, 2.24) is 4.98 Å². The van der Waals surface area contributed by atoms with E-state index in [9.17, 15) is 14.9 Å². The summed E-state index contributed by atoms with van der Waals surface area (Å²) in [6.07, 6.45) is 0. The number of hydrogen-bond donors (Lipinski definition) is 3. The van der Waals surface area contributed by atoms with Gasteiger partial charge in [0.05, 0.1) is 17.0 Å². The van der Waals surface area contributed by atoms with Crippen LogP contribution in [-0.2, 0) is 9.53 Å². The average Bonchev–Trinajstić information content (AvgIpc) is 2.82. The third-order valence-corrected chi connectivity index (χ3v) is 5.73. The summed E-state index contributed by atoms with van der Waals surface area (Å²) in [5, 5.41) is 13.3. The number of nitrogens with two attached hydrogens (primary N) is 1. The molecule has 0 radical (unpaired) electrons. The molecule has 5 rings (SSSR count). The Hall–Kier alpha value is -4.71. The standard InChI is InChI=1S/C25H20N4O5/c1-13-21(25(31)28-15-5-3-2-4-6-15)22(17(12-26)23(27)34-13)16-9-14-10-19-20(33-8-7-32-19)11-18(14)29-24(16)30/h2-6,9-11,22H,7-8,27H2,1H3,(H,28,31)(H,29,30). The summed E-state index contributed by atoms with van der Waals surface area (Å²) in [5.74, 6) is -0.388. The van der Waals surface area contributed by atoms with Gasteiger partial charge in [-0.25, -0.2) is 0 Å². The zero-order valence-electron chi connectivity index (χ0n) is 18.2. The number of hydrogen-bond acceptors (Lipinski definition) is 7. The van der Waals surface area contributed by atoms with Gasteiger partial charge in [-0.2, -0.15) is 5.26 Å². The molecule has 3 aromatic rings. The smallest absolute Gasteiger partial charge is 0.255 e. The number of nitrogens with zero attached hydrogens (tertiary/aromatic N) is 1. The van der Waals surface area contributed by atoms with Gasteiger partial charge >= 0.3 is 0 Å². The highest BCUT2D eigenvalue weighted by molar-refractivity contribution is 6.06. The van der Waals surface area contributed by atoms with Gasteiger partial charge in [0.2, 0.25) is 5.88 Å². The summed E-state index contributed by atoms with van der Waals surface area (Å²) in [6, 6.07) is 15.9. The maximum Gasteiger partial charge on any atom is 0.255 e. The molecular formula is C25H20N4O5. The number of fused-ring (bicyclic) bond motifs is 2. The lowest BCUT2D eigenvalue weighted by Gasteiger charge is -2.27. The normalized spacial score (nSPS) is 17.2. The molecule has 0 bridgehead atoms. The Labute approximate surface area is 194 Å². The van der Waals surface area contributed by atoms with Crippen molar-refractivity contribution in [2.24, 2.45) is 5.73 Å². The van der Waals surface area contributed by atoms with Crippen molar-refractivity contribution >= 4 is 22.5 Å². The Balaban J connectivity index is 1.65. The van der Waals surface area contributed by atoms with Gasteiger partial charge in [-0.3, -0.25) is 9.59 Å². The highest BCUT2D eigenvalue weighted by Gasteiger charge is 2.37. The van der Waals surface area contributed by atoms with Crippen LogP contribution in [0.15, 0.2) is 76.1 Å². The zero-order chi connectivity index (χ0) is 23.8. The molecule has 1 unspecified atom stereocenters. The first-order valence-corrected chi connectivity index (χ1v) is 10.6. The Kier molecular flexibility index (Phi) is 5.18. The van der Waals surface area contributed by atoms with Crippen LogP contribution in [0.4, 0.5) is 5.69 Å². The monoisotopic (exact) mass is 456 g/mol. The van der Waals surface area contributed by atoms with Gasteiger partial charge in [0.15, 0.2) is 11.5 Å². The van der Waals surface area contributed by atoms with E-state index < -0.39 is 17.4 Å². The largest absolute Gasteiger partial charge is 0.486 e. The lowest BCUT2D eigenvalue weighted by Crippen LogP contribution is -2.30. The quantitative estimate of drug-likeness (QED) is 0.550. The van der Waals surface area contributed by atoms with Crippen LogP contribution in [0, 0.1) is 11.3 Å². The number of benzene rings is 2. The molecule has 0 saturated heterocycles. The number of H-pyrrole nitrogens is 1. The van der Waals surface area contributed by atoms with Crippen LogP contribution in [0.25, 0.3) is 10.9 Å². The molecule has 9 heteroatoms. The minimum atomic E-state index is -1.02. The maximum absolute atomic E-state index is 13.3. The third kappa shape index (κ3) is 3.61. The van der Waals surface area contributed by atoms with E-state index in [0.29, 0.717) is 41.3 Å². The number of nitriles is 1. The predicted octanol–water partition coefficient (Wildman–Crippen LogP) is 3.02. The van der Waals surface area contributed by atoms with Crippen molar-refractivity contribution in [2.75, 3.05) is 18.5 Å². The fourth-order valence-corrected chi connectivity index (χ4v) is 4.18. The van der Waals surface area contributed by atoms with Crippen LogP contribution in [0.5, 0.6) is 11.5 Å². The molecule has 2 aliphatic rings. The lowest BCUT2D eigenvalue weighted by atomic mass is 9.82. The number of amides is 1. The number of para-hydroxylation sites is 1. The highest BCUT2D eigenvalue weighted by atomic mass is 16.6. The van der Waals surface area contributed by atoms with E-state index in [1.165, 1.54) is 0 Å². The van der Waals surface area contributed by atoms with E-state index >= 15 is 0 Å². The fourth-order valence-electron chi connectivity index (χ4n) is 4.18. The second-order valence-electron chi connectivity index (χ2n) is 7.85. The number of allylic oxidation sites excluding steroid dienone is 2. The number of carbonyl (C=O) groups excluding carboxylic acids is 1. The van der Waals surface area contributed by atoms with Crippen LogP contribution < -0.4 is 26.1 Å². The molecule has 0 fully saturated rings. The number of anilines is 1. The van der Waals surface area contributed by atoms with Crippen LogP contribution in [0.3, 0.4) is 0 Å². The highest BCUT2D eigenvalue weighted by Crippen LogP contribution is 2.40. The van der Waals surface area contributed by atoms with Crippen molar-refractivity contribution in [2.45, 2.75) is 12.8 Å². The molecule has 0 saturated carbocycles. The van der Waals surface area contributed by atoms with Gasteiger partial charge in [-0.15, -0.1) is 0 Å². The molecule has 4 N–H and O–H groups in total. The summed E-state index contributed by atoms with van der Waals surface area (Å²) < 4.78 is 16.8. The molecule has 1 aromatic heterocycles. The second kappa shape index (κ2) is 8.33.